The average Bonchev–Trinajstić information content (AvgIpc) is 3.03. The second-order valence-electron chi connectivity index (χ2n) is 6.80. The number of aryl methyl sites for hydroxylation is 2. The zero-order chi connectivity index (χ0) is 17.2. The number of carbonyl (C=O) groups excluding carboxylic acids is 1. The molecule has 1 fully saturated rings. The molecular formula is C18H26N2O3S. The molecule has 5 nitrogen and oxygen atoms in total. The van der Waals surface area contributed by atoms with Gasteiger partial charge in [-0.05, 0) is 81.3 Å². The number of likely N-dealkylation sites (tertiary alicyclic amines) is 1. The van der Waals surface area contributed by atoms with Crippen LogP contribution in [0.4, 0.5) is 0 Å². The number of hydrogen-bond donors (Lipinski definition) is 1. The molecule has 1 aromatic rings. The highest BCUT2D eigenvalue weighted by molar-refractivity contribution is 7.90. The van der Waals surface area contributed by atoms with Gasteiger partial charge in [-0.3, -0.25) is 9.69 Å². The summed E-state index contributed by atoms with van der Waals surface area (Å²) in [6.07, 6.45) is 6.81. The molecule has 1 aliphatic heterocycles. The Morgan fingerprint density at radius 1 is 1.21 bits per heavy atom. The van der Waals surface area contributed by atoms with Crippen LogP contribution in [0.1, 0.15) is 50.2 Å². The van der Waals surface area contributed by atoms with E-state index in [0.29, 0.717) is 0 Å². The number of sulfonamides is 1. The molecule has 0 spiro atoms. The molecule has 0 aromatic heterocycles. The van der Waals surface area contributed by atoms with Crippen molar-refractivity contribution in [3.8, 4) is 0 Å². The van der Waals surface area contributed by atoms with Crippen molar-refractivity contribution < 1.29 is 13.2 Å². The van der Waals surface area contributed by atoms with Gasteiger partial charge in [-0.15, -0.1) is 0 Å². The maximum atomic E-state index is 12.6. The Balaban J connectivity index is 1.75. The van der Waals surface area contributed by atoms with Gasteiger partial charge in [0.25, 0.3) is 15.9 Å². The SMILES string of the molecule is CCCN1CCCC1C(=O)NS(=O)(=O)c1ccc2c(c1)CCCC2. The first-order chi connectivity index (χ1) is 11.5. The van der Waals surface area contributed by atoms with Crippen LogP contribution in [-0.2, 0) is 27.7 Å². The van der Waals surface area contributed by atoms with Gasteiger partial charge in [0.05, 0.1) is 10.9 Å². The van der Waals surface area contributed by atoms with Crippen LogP contribution >= 0.6 is 0 Å². The summed E-state index contributed by atoms with van der Waals surface area (Å²) >= 11 is 0. The zero-order valence-electron chi connectivity index (χ0n) is 14.3. The summed E-state index contributed by atoms with van der Waals surface area (Å²) in [4.78, 5) is 14.8. The first-order valence-corrected chi connectivity index (χ1v) is 10.4. The number of benzene rings is 1. The van der Waals surface area contributed by atoms with Crippen LogP contribution in [0.25, 0.3) is 0 Å². The Labute approximate surface area is 144 Å². The van der Waals surface area contributed by atoms with Gasteiger partial charge in [-0.25, -0.2) is 13.1 Å². The van der Waals surface area contributed by atoms with Gasteiger partial charge < -0.3 is 0 Å². The largest absolute Gasteiger partial charge is 0.292 e. The highest BCUT2D eigenvalue weighted by Gasteiger charge is 2.32. The number of nitrogens with zero attached hydrogens (tertiary/aromatic N) is 1. The van der Waals surface area contributed by atoms with Crippen molar-refractivity contribution in [3.05, 3.63) is 29.3 Å². The summed E-state index contributed by atoms with van der Waals surface area (Å²) < 4.78 is 27.5. The molecule has 6 heteroatoms. The van der Waals surface area contributed by atoms with Crippen LogP contribution in [0.15, 0.2) is 23.1 Å². The lowest BCUT2D eigenvalue weighted by molar-refractivity contribution is -0.123. The van der Waals surface area contributed by atoms with Crippen molar-refractivity contribution in [2.75, 3.05) is 13.1 Å². The molecular weight excluding hydrogens is 324 g/mol. The Morgan fingerprint density at radius 3 is 2.71 bits per heavy atom. The summed E-state index contributed by atoms with van der Waals surface area (Å²) in [7, 11) is -3.79. The average molecular weight is 350 g/mol. The van der Waals surface area contributed by atoms with Gasteiger partial charge in [0.1, 0.15) is 0 Å². The number of hydrogen-bond acceptors (Lipinski definition) is 4. The Morgan fingerprint density at radius 2 is 1.96 bits per heavy atom. The Kier molecular flexibility index (Phi) is 5.25. The van der Waals surface area contributed by atoms with Crippen LogP contribution in [0.3, 0.4) is 0 Å². The van der Waals surface area contributed by atoms with E-state index in [9.17, 15) is 13.2 Å². The highest BCUT2D eigenvalue weighted by Crippen LogP contribution is 2.24. The van der Waals surface area contributed by atoms with Gasteiger partial charge in [-0.2, -0.15) is 0 Å². The molecule has 1 saturated heterocycles. The lowest BCUT2D eigenvalue weighted by Crippen LogP contribution is -2.45. The molecule has 1 unspecified atom stereocenters. The molecule has 1 heterocycles. The fourth-order valence-corrected chi connectivity index (χ4v) is 4.88. The zero-order valence-corrected chi connectivity index (χ0v) is 15.1. The predicted octanol–water partition coefficient (Wildman–Crippen LogP) is 2.24. The number of amides is 1. The normalized spacial score (nSPS) is 21.5. The fraction of sp³-hybridized carbons (Fsp3) is 0.611. The first kappa shape index (κ1) is 17.4. The molecule has 3 rings (SSSR count). The predicted molar refractivity (Wildman–Crippen MR) is 93.3 cm³/mol. The number of nitrogens with one attached hydrogen (secondary N) is 1. The molecule has 0 radical (unpaired) electrons. The molecule has 1 amide bonds. The molecule has 1 aromatic carbocycles. The van der Waals surface area contributed by atoms with E-state index >= 15 is 0 Å². The molecule has 1 N–H and O–H groups in total. The van der Waals surface area contributed by atoms with Crippen molar-refractivity contribution >= 4 is 15.9 Å². The van der Waals surface area contributed by atoms with E-state index < -0.39 is 15.9 Å². The number of rotatable bonds is 5. The van der Waals surface area contributed by atoms with E-state index in [1.807, 2.05) is 6.07 Å². The molecule has 1 atom stereocenters. The second-order valence-corrected chi connectivity index (χ2v) is 8.48. The third-order valence-corrected chi connectivity index (χ3v) is 6.39. The topological polar surface area (TPSA) is 66.5 Å². The summed E-state index contributed by atoms with van der Waals surface area (Å²) in [5, 5.41) is 0. The number of fused-ring (bicyclic) bond motifs is 1. The van der Waals surface area contributed by atoms with Crippen LogP contribution in [0.5, 0.6) is 0 Å². The van der Waals surface area contributed by atoms with Crippen molar-refractivity contribution in [3.63, 3.8) is 0 Å². The number of carbonyl (C=O) groups is 1. The maximum Gasteiger partial charge on any atom is 0.264 e. The third kappa shape index (κ3) is 3.64. The highest BCUT2D eigenvalue weighted by atomic mass is 32.2. The first-order valence-electron chi connectivity index (χ1n) is 8.94. The fourth-order valence-electron chi connectivity index (χ4n) is 3.81. The van der Waals surface area contributed by atoms with E-state index in [1.54, 1.807) is 12.1 Å². The smallest absolute Gasteiger partial charge is 0.264 e. The van der Waals surface area contributed by atoms with Crippen LogP contribution in [0, 0.1) is 0 Å². The van der Waals surface area contributed by atoms with E-state index in [0.717, 1.165) is 63.6 Å². The van der Waals surface area contributed by atoms with E-state index in [2.05, 4.69) is 16.5 Å². The molecule has 24 heavy (non-hydrogen) atoms. The monoisotopic (exact) mass is 350 g/mol. The minimum absolute atomic E-state index is 0.205. The molecule has 0 saturated carbocycles. The van der Waals surface area contributed by atoms with Crippen LogP contribution in [-0.4, -0.2) is 38.4 Å². The molecule has 132 valence electrons. The lowest BCUT2D eigenvalue weighted by atomic mass is 9.92. The minimum Gasteiger partial charge on any atom is -0.292 e. The van der Waals surface area contributed by atoms with Gasteiger partial charge >= 0.3 is 0 Å². The van der Waals surface area contributed by atoms with E-state index in [-0.39, 0.29) is 10.9 Å². The summed E-state index contributed by atoms with van der Waals surface area (Å²) in [5.74, 6) is -0.390. The molecule has 2 aliphatic rings. The second kappa shape index (κ2) is 7.23. The minimum atomic E-state index is -3.79. The van der Waals surface area contributed by atoms with Crippen LogP contribution < -0.4 is 4.72 Å². The van der Waals surface area contributed by atoms with Crippen molar-refractivity contribution in [1.82, 2.24) is 9.62 Å². The lowest BCUT2D eigenvalue weighted by Gasteiger charge is -2.23. The summed E-state index contributed by atoms with van der Waals surface area (Å²) in [6, 6.07) is 4.94. The molecule has 1 aliphatic carbocycles. The van der Waals surface area contributed by atoms with Gasteiger partial charge in [0.15, 0.2) is 0 Å². The summed E-state index contributed by atoms with van der Waals surface area (Å²) in [5.41, 5.74) is 2.33. The van der Waals surface area contributed by atoms with Gasteiger partial charge in [0.2, 0.25) is 0 Å². The van der Waals surface area contributed by atoms with Gasteiger partial charge in [0, 0.05) is 0 Å². The van der Waals surface area contributed by atoms with Gasteiger partial charge in [-0.1, -0.05) is 13.0 Å². The quantitative estimate of drug-likeness (QED) is 0.884. The molecule has 0 bridgehead atoms. The van der Waals surface area contributed by atoms with E-state index in [4.69, 9.17) is 0 Å². The van der Waals surface area contributed by atoms with Crippen molar-refractivity contribution in [2.24, 2.45) is 0 Å². The maximum absolute atomic E-state index is 12.6. The van der Waals surface area contributed by atoms with Crippen molar-refractivity contribution in [2.45, 2.75) is 62.8 Å². The Hall–Kier alpha value is -1.40. The summed E-state index contributed by atoms with van der Waals surface area (Å²) in [6.45, 7) is 3.76. The Bertz CT molecular complexity index is 715. The van der Waals surface area contributed by atoms with Crippen LogP contribution in [0.2, 0.25) is 0 Å². The standard InChI is InChI=1S/C18H26N2O3S/c1-2-11-20-12-5-8-17(20)18(21)19-24(22,23)16-10-9-14-6-3-4-7-15(14)13-16/h9-10,13,17H,2-8,11-12H2,1H3,(H,19,21). The van der Waals surface area contributed by atoms with Crippen molar-refractivity contribution in [1.29, 1.82) is 0 Å². The third-order valence-electron chi connectivity index (χ3n) is 5.04. The van der Waals surface area contributed by atoms with E-state index in [1.165, 1.54) is 5.56 Å².